The van der Waals surface area contributed by atoms with Gasteiger partial charge in [0.15, 0.2) is 10.3 Å². The third-order valence-corrected chi connectivity index (χ3v) is 4.73. The number of aromatic nitrogens is 5. The highest BCUT2D eigenvalue weighted by atomic mass is 32.2. The van der Waals surface area contributed by atoms with Crippen molar-refractivity contribution in [2.45, 2.75) is 17.2 Å². The highest BCUT2D eigenvalue weighted by Gasteiger charge is 2.17. The van der Waals surface area contributed by atoms with Crippen molar-refractivity contribution in [3.63, 3.8) is 0 Å². The first-order valence-electron chi connectivity index (χ1n) is 8.12. The summed E-state index contributed by atoms with van der Waals surface area (Å²) in [4.78, 5) is 40.2. The molecular formula is C18H12N6O3S. The van der Waals surface area contributed by atoms with Gasteiger partial charge in [-0.05, 0) is 48.5 Å². The van der Waals surface area contributed by atoms with Crippen LogP contribution in [0.2, 0.25) is 0 Å². The van der Waals surface area contributed by atoms with Crippen molar-refractivity contribution < 1.29 is 4.92 Å². The lowest BCUT2D eigenvalue weighted by Crippen LogP contribution is -2.22. The van der Waals surface area contributed by atoms with Gasteiger partial charge in [-0.1, -0.05) is 12.1 Å². The van der Waals surface area contributed by atoms with E-state index in [-0.39, 0.29) is 16.4 Å². The second-order valence-corrected chi connectivity index (χ2v) is 6.76. The Morgan fingerprint density at radius 2 is 1.86 bits per heavy atom. The molecule has 4 aromatic rings. The fourth-order valence-corrected chi connectivity index (χ4v) is 3.35. The molecule has 0 saturated heterocycles. The zero-order valence-electron chi connectivity index (χ0n) is 14.5. The summed E-state index contributed by atoms with van der Waals surface area (Å²) in [5.74, 6) is 0.424. The van der Waals surface area contributed by atoms with Crippen LogP contribution in [0.1, 0.15) is 5.56 Å². The van der Waals surface area contributed by atoms with E-state index < -0.39 is 4.92 Å². The number of benzene rings is 1. The molecule has 138 valence electrons. The Hall–Kier alpha value is -3.66. The van der Waals surface area contributed by atoms with Crippen LogP contribution >= 0.6 is 11.8 Å². The van der Waals surface area contributed by atoms with E-state index >= 15 is 0 Å². The van der Waals surface area contributed by atoms with Crippen LogP contribution in [0.25, 0.3) is 16.7 Å². The van der Waals surface area contributed by atoms with Gasteiger partial charge in [0.25, 0.3) is 5.56 Å². The molecule has 0 aliphatic carbocycles. The van der Waals surface area contributed by atoms with Gasteiger partial charge in [0.05, 0.1) is 15.8 Å². The Balaban J connectivity index is 1.89. The van der Waals surface area contributed by atoms with Crippen molar-refractivity contribution in [1.82, 2.24) is 24.5 Å². The van der Waals surface area contributed by atoms with E-state index in [9.17, 15) is 14.9 Å². The van der Waals surface area contributed by atoms with Crippen molar-refractivity contribution >= 4 is 28.4 Å². The number of hydrogen-bond donors (Lipinski definition) is 0. The number of pyridine rings is 1. The molecule has 0 N–H and O–H groups in total. The molecule has 0 amide bonds. The molecule has 0 saturated carbocycles. The summed E-state index contributed by atoms with van der Waals surface area (Å²) in [5.41, 5.74) is 0.982. The number of nitro groups is 1. The maximum Gasteiger partial charge on any atom is 0.305 e. The average molecular weight is 392 g/mol. The Morgan fingerprint density at radius 3 is 2.57 bits per heavy atom. The molecule has 3 aromatic heterocycles. The highest BCUT2D eigenvalue weighted by Crippen LogP contribution is 2.26. The summed E-state index contributed by atoms with van der Waals surface area (Å²) < 4.78 is 1.39. The summed E-state index contributed by atoms with van der Waals surface area (Å²) in [6.45, 7) is 1.90. The second-order valence-electron chi connectivity index (χ2n) is 5.83. The zero-order chi connectivity index (χ0) is 19.7. The van der Waals surface area contributed by atoms with Crippen LogP contribution in [0.3, 0.4) is 0 Å². The number of aryl methyl sites for hydroxylation is 1. The third-order valence-electron chi connectivity index (χ3n) is 3.88. The van der Waals surface area contributed by atoms with Gasteiger partial charge in [-0.2, -0.15) is 0 Å². The first-order chi connectivity index (χ1) is 13.5. The van der Waals surface area contributed by atoms with Crippen molar-refractivity contribution in [3.8, 4) is 5.82 Å². The molecular weight excluding hydrogens is 380 g/mol. The summed E-state index contributed by atoms with van der Waals surface area (Å²) in [7, 11) is 0. The maximum atomic E-state index is 13.1. The summed E-state index contributed by atoms with van der Waals surface area (Å²) in [6.07, 6.45) is 3.84. The van der Waals surface area contributed by atoms with Crippen molar-refractivity contribution in [1.29, 1.82) is 0 Å². The summed E-state index contributed by atoms with van der Waals surface area (Å²) in [6, 6.07) is 10.6. The quantitative estimate of drug-likeness (QED) is 0.296. The van der Waals surface area contributed by atoms with Crippen molar-refractivity contribution in [2.75, 3.05) is 0 Å². The minimum atomic E-state index is -0.574. The van der Waals surface area contributed by atoms with E-state index in [2.05, 4.69) is 19.9 Å². The summed E-state index contributed by atoms with van der Waals surface area (Å²) >= 11 is 1.03. The van der Waals surface area contributed by atoms with Gasteiger partial charge in [-0.25, -0.2) is 24.5 Å². The molecule has 3 heterocycles. The van der Waals surface area contributed by atoms with Gasteiger partial charge in [0.1, 0.15) is 18.2 Å². The molecule has 0 unspecified atom stereocenters. The molecule has 9 nitrogen and oxygen atoms in total. The molecule has 1 aromatic carbocycles. The van der Waals surface area contributed by atoms with E-state index in [1.54, 1.807) is 36.5 Å². The Labute approximate surface area is 162 Å². The predicted octanol–water partition coefficient (Wildman–Crippen LogP) is 2.94. The molecule has 0 fully saturated rings. The van der Waals surface area contributed by atoms with E-state index in [1.807, 2.05) is 13.0 Å². The fraction of sp³-hybridized carbons (Fsp3) is 0.0556. The number of para-hydroxylation sites is 1. The SMILES string of the molecule is Cc1ccnc(-n2c(Sc3ncc([N+](=O)[O-])cn3)nc3ccccc3c2=O)c1. The minimum Gasteiger partial charge on any atom is -0.268 e. The molecule has 4 rings (SSSR count). The Bertz CT molecular complexity index is 1260. The highest BCUT2D eigenvalue weighted by molar-refractivity contribution is 7.99. The van der Waals surface area contributed by atoms with Gasteiger partial charge < -0.3 is 0 Å². The number of rotatable bonds is 4. The first kappa shape index (κ1) is 17.7. The first-order valence-corrected chi connectivity index (χ1v) is 8.94. The largest absolute Gasteiger partial charge is 0.305 e. The van der Waals surface area contributed by atoms with Gasteiger partial charge in [0.2, 0.25) is 0 Å². The number of fused-ring (bicyclic) bond motifs is 1. The summed E-state index contributed by atoms with van der Waals surface area (Å²) in [5, 5.41) is 11.8. The van der Waals surface area contributed by atoms with Crippen LogP contribution in [-0.2, 0) is 0 Å². The fourth-order valence-electron chi connectivity index (χ4n) is 2.56. The monoisotopic (exact) mass is 392 g/mol. The van der Waals surface area contributed by atoms with Crippen LogP contribution in [0.5, 0.6) is 0 Å². The predicted molar refractivity (Wildman–Crippen MR) is 103 cm³/mol. The van der Waals surface area contributed by atoms with Gasteiger partial charge in [-0.3, -0.25) is 14.9 Å². The topological polar surface area (TPSA) is 117 Å². The lowest BCUT2D eigenvalue weighted by atomic mass is 10.2. The van der Waals surface area contributed by atoms with Crippen molar-refractivity contribution in [2.24, 2.45) is 0 Å². The molecule has 0 aliphatic heterocycles. The Kier molecular flexibility index (Phi) is 4.53. The number of hydrogen-bond acceptors (Lipinski definition) is 8. The zero-order valence-corrected chi connectivity index (χ0v) is 15.3. The lowest BCUT2D eigenvalue weighted by molar-refractivity contribution is -0.385. The van der Waals surface area contributed by atoms with Gasteiger partial charge in [0, 0.05) is 6.20 Å². The number of nitrogens with zero attached hydrogens (tertiary/aromatic N) is 6. The van der Waals surface area contributed by atoms with E-state index in [1.165, 1.54) is 4.57 Å². The van der Waals surface area contributed by atoms with E-state index in [4.69, 9.17) is 0 Å². The van der Waals surface area contributed by atoms with Crippen LogP contribution < -0.4 is 5.56 Å². The second kappa shape index (κ2) is 7.16. The van der Waals surface area contributed by atoms with Crippen LogP contribution in [0, 0.1) is 17.0 Å². The van der Waals surface area contributed by atoms with Crippen LogP contribution in [0.15, 0.2) is 70.1 Å². The van der Waals surface area contributed by atoms with Gasteiger partial charge >= 0.3 is 5.69 Å². The maximum absolute atomic E-state index is 13.1. The average Bonchev–Trinajstić information content (AvgIpc) is 2.68. The third kappa shape index (κ3) is 3.32. The van der Waals surface area contributed by atoms with Crippen molar-refractivity contribution in [3.05, 3.63) is 81.0 Å². The molecule has 28 heavy (non-hydrogen) atoms. The lowest BCUT2D eigenvalue weighted by Gasteiger charge is -2.12. The normalized spacial score (nSPS) is 10.9. The van der Waals surface area contributed by atoms with Crippen LogP contribution in [0.4, 0.5) is 5.69 Å². The molecule has 10 heteroatoms. The minimum absolute atomic E-state index is 0.214. The van der Waals surface area contributed by atoms with Crippen LogP contribution in [-0.4, -0.2) is 29.4 Å². The molecule has 0 aliphatic rings. The van der Waals surface area contributed by atoms with Gasteiger partial charge in [-0.15, -0.1) is 0 Å². The van der Waals surface area contributed by atoms with E-state index in [0.717, 1.165) is 29.7 Å². The van der Waals surface area contributed by atoms with E-state index in [0.29, 0.717) is 21.9 Å². The molecule has 0 atom stereocenters. The molecule has 0 spiro atoms. The standard InChI is InChI=1S/C18H12N6O3S/c1-11-6-7-19-15(8-11)23-16(25)13-4-2-3-5-14(13)22-18(23)28-17-20-9-12(10-21-17)24(26)27/h2-10H,1H3. The molecule has 0 radical (unpaired) electrons. The molecule has 0 bridgehead atoms. The Morgan fingerprint density at radius 1 is 1.11 bits per heavy atom. The smallest absolute Gasteiger partial charge is 0.268 e.